The van der Waals surface area contributed by atoms with Crippen LogP contribution in [0.1, 0.15) is 54.4 Å². The highest BCUT2D eigenvalue weighted by molar-refractivity contribution is 6.15. The van der Waals surface area contributed by atoms with Crippen molar-refractivity contribution in [2.75, 3.05) is 7.05 Å². The molecule has 0 fully saturated rings. The van der Waals surface area contributed by atoms with Gasteiger partial charge in [-0.3, -0.25) is 4.99 Å². The SMILES string of the molecule is CC/C=C/N=C1/C(C)=C(CC)N(C)/C1=C(/C)C(C)C. The van der Waals surface area contributed by atoms with E-state index < -0.39 is 0 Å². The van der Waals surface area contributed by atoms with Gasteiger partial charge in [-0.15, -0.1) is 0 Å². The topological polar surface area (TPSA) is 15.6 Å². The molecule has 1 heterocycles. The van der Waals surface area contributed by atoms with Crippen LogP contribution in [-0.2, 0) is 0 Å². The van der Waals surface area contributed by atoms with Crippen molar-refractivity contribution in [1.29, 1.82) is 0 Å². The summed E-state index contributed by atoms with van der Waals surface area (Å²) in [5, 5.41) is 0. The third kappa shape index (κ3) is 3.17. The second-order valence-corrected chi connectivity index (χ2v) is 5.44. The number of hydrogen-bond acceptors (Lipinski definition) is 2. The molecule has 0 saturated carbocycles. The van der Waals surface area contributed by atoms with E-state index in [1.165, 1.54) is 22.5 Å². The fourth-order valence-corrected chi connectivity index (χ4v) is 2.48. The van der Waals surface area contributed by atoms with E-state index in [9.17, 15) is 0 Å². The van der Waals surface area contributed by atoms with Crippen LogP contribution in [0.25, 0.3) is 0 Å². The van der Waals surface area contributed by atoms with Crippen molar-refractivity contribution >= 4 is 5.71 Å². The molecule has 0 bridgehead atoms. The molecule has 0 radical (unpaired) electrons. The summed E-state index contributed by atoms with van der Waals surface area (Å²) >= 11 is 0. The molecule has 1 rings (SSSR count). The van der Waals surface area contributed by atoms with Crippen molar-refractivity contribution in [3.05, 3.63) is 34.8 Å². The van der Waals surface area contributed by atoms with Gasteiger partial charge in [0.15, 0.2) is 0 Å². The molecular weight excluding hydrogens is 232 g/mol. The Kier molecular flexibility index (Phi) is 5.59. The third-order valence-electron chi connectivity index (χ3n) is 3.87. The Balaban J connectivity index is 3.35. The molecule has 2 heteroatoms. The standard InChI is InChI=1S/C17H28N2/c1-8-10-11-18-16-14(6)15(9-2)19(7)17(16)13(5)12(3)4/h10-12H,8-9H2,1-7H3/b11-10+,17-13-,18-16-. The molecule has 0 aromatic carbocycles. The van der Waals surface area contributed by atoms with Crippen molar-refractivity contribution < 1.29 is 0 Å². The van der Waals surface area contributed by atoms with E-state index in [0.29, 0.717) is 5.92 Å². The number of hydrogen-bond donors (Lipinski definition) is 0. The van der Waals surface area contributed by atoms with E-state index in [4.69, 9.17) is 4.99 Å². The molecule has 106 valence electrons. The summed E-state index contributed by atoms with van der Waals surface area (Å²) < 4.78 is 0. The Bertz CT molecular complexity index is 448. The molecule has 0 N–H and O–H groups in total. The molecular formula is C17H28N2. The summed E-state index contributed by atoms with van der Waals surface area (Å²) in [5.41, 5.74) is 6.56. The molecule has 0 spiro atoms. The minimum atomic E-state index is 0.543. The van der Waals surface area contributed by atoms with E-state index in [-0.39, 0.29) is 0 Å². The van der Waals surface area contributed by atoms with Crippen molar-refractivity contribution in [1.82, 2.24) is 4.90 Å². The highest BCUT2D eigenvalue weighted by Gasteiger charge is 2.28. The number of aliphatic imine (C=N–C) groups is 1. The van der Waals surface area contributed by atoms with E-state index in [1.54, 1.807) is 0 Å². The Hall–Kier alpha value is -1.31. The largest absolute Gasteiger partial charge is 0.346 e. The molecule has 0 saturated heterocycles. The van der Waals surface area contributed by atoms with Gasteiger partial charge >= 0.3 is 0 Å². The van der Waals surface area contributed by atoms with Gasteiger partial charge in [-0.2, -0.15) is 0 Å². The smallest absolute Gasteiger partial charge is 0.0912 e. The quantitative estimate of drug-likeness (QED) is 0.701. The van der Waals surface area contributed by atoms with Gasteiger partial charge in [-0.1, -0.05) is 33.8 Å². The molecule has 1 aliphatic rings. The normalized spacial score (nSPS) is 21.5. The number of nitrogens with zero attached hydrogens (tertiary/aromatic N) is 2. The lowest BCUT2D eigenvalue weighted by atomic mass is 9.99. The minimum absolute atomic E-state index is 0.543. The Morgan fingerprint density at radius 1 is 1.32 bits per heavy atom. The van der Waals surface area contributed by atoms with Crippen LogP contribution in [0.3, 0.4) is 0 Å². The first kappa shape index (κ1) is 15.7. The average Bonchev–Trinajstić information content (AvgIpc) is 2.60. The van der Waals surface area contributed by atoms with Crippen LogP contribution in [-0.4, -0.2) is 17.7 Å². The van der Waals surface area contributed by atoms with E-state index in [2.05, 4.69) is 59.6 Å². The molecule has 1 aliphatic heterocycles. The van der Waals surface area contributed by atoms with Crippen LogP contribution >= 0.6 is 0 Å². The predicted octanol–water partition coefficient (Wildman–Crippen LogP) is 4.91. The summed E-state index contributed by atoms with van der Waals surface area (Å²) in [5.74, 6) is 0.543. The zero-order valence-electron chi connectivity index (χ0n) is 13.5. The minimum Gasteiger partial charge on any atom is -0.346 e. The van der Waals surface area contributed by atoms with Crippen molar-refractivity contribution in [3.63, 3.8) is 0 Å². The predicted molar refractivity (Wildman–Crippen MR) is 85.2 cm³/mol. The van der Waals surface area contributed by atoms with Gasteiger partial charge in [0.25, 0.3) is 0 Å². The van der Waals surface area contributed by atoms with Gasteiger partial charge in [0, 0.05) is 18.9 Å². The molecule has 19 heavy (non-hydrogen) atoms. The maximum atomic E-state index is 4.71. The summed E-state index contributed by atoms with van der Waals surface area (Å²) in [7, 11) is 2.16. The molecule has 2 nitrogen and oxygen atoms in total. The molecule has 0 amide bonds. The molecule has 0 aliphatic carbocycles. The summed E-state index contributed by atoms with van der Waals surface area (Å²) in [6, 6.07) is 0. The monoisotopic (exact) mass is 260 g/mol. The fourth-order valence-electron chi connectivity index (χ4n) is 2.48. The Labute approximate surface area is 118 Å². The Morgan fingerprint density at radius 2 is 1.95 bits per heavy atom. The van der Waals surface area contributed by atoms with Crippen LogP contribution in [0, 0.1) is 5.92 Å². The van der Waals surface area contributed by atoms with E-state index >= 15 is 0 Å². The van der Waals surface area contributed by atoms with Crippen LogP contribution in [0.15, 0.2) is 39.8 Å². The second-order valence-electron chi connectivity index (χ2n) is 5.44. The maximum Gasteiger partial charge on any atom is 0.0912 e. The van der Waals surface area contributed by atoms with E-state index in [0.717, 1.165) is 18.6 Å². The average molecular weight is 260 g/mol. The summed E-state index contributed by atoms with van der Waals surface area (Å²) in [4.78, 5) is 7.03. The van der Waals surface area contributed by atoms with Crippen LogP contribution in [0.5, 0.6) is 0 Å². The van der Waals surface area contributed by atoms with Gasteiger partial charge in [0.05, 0.1) is 11.4 Å². The first-order chi connectivity index (χ1) is 8.95. The zero-order valence-corrected chi connectivity index (χ0v) is 13.5. The Morgan fingerprint density at radius 3 is 2.42 bits per heavy atom. The van der Waals surface area contributed by atoms with E-state index in [1.807, 2.05) is 6.20 Å². The summed E-state index contributed by atoms with van der Waals surface area (Å²) in [6.45, 7) is 13.2. The van der Waals surface area contributed by atoms with Crippen molar-refractivity contribution in [2.24, 2.45) is 10.9 Å². The van der Waals surface area contributed by atoms with Gasteiger partial charge in [-0.05, 0) is 43.8 Å². The molecule has 0 atom stereocenters. The maximum absolute atomic E-state index is 4.71. The highest BCUT2D eigenvalue weighted by Crippen LogP contribution is 2.33. The first-order valence-corrected chi connectivity index (χ1v) is 7.33. The van der Waals surface area contributed by atoms with Crippen LogP contribution in [0.2, 0.25) is 0 Å². The number of rotatable bonds is 4. The zero-order chi connectivity index (χ0) is 14.6. The molecule has 0 aromatic rings. The lowest BCUT2D eigenvalue weighted by molar-refractivity contribution is 0.521. The van der Waals surface area contributed by atoms with Gasteiger partial charge < -0.3 is 4.90 Å². The highest BCUT2D eigenvalue weighted by atomic mass is 15.2. The van der Waals surface area contributed by atoms with Gasteiger partial charge in [0.2, 0.25) is 0 Å². The third-order valence-corrected chi connectivity index (χ3v) is 3.87. The lowest BCUT2D eigenvalue weighted by Crippen LogP contribution is -2.17. The van der Waals surface area contributed by atoms with Gasteiger partial charge in [-0.25, -0.2) is 0 Å². The summed E-state index contributed by atoms with van der Waals surface area (Å²) in [6.07, 6.45) is 6.12. The van der Waals surface area contributed by atoms with Crippen LogP contribution in [0.4, 0.5) is 0 Å². The fraction of sp³-hybridized carbons (Fsp3) is 0.588. The lowest BCUT2D eigenvalue weighted by Gasteiger charge is -2.21. The second kappa shape index (κ2) is 6.74. The molecule has 0 aromatic heterocycles. The number of allylic oxidation sites excluding steroid dienone is 4. The van der Waals surface area contributed by atoms with Crippen molar-refractivity contribution in [3.8, 4) is 0 Å². The first-order valence-electron chi connectivity index (χ1n) is 7.33. The van der Waals surface area contributed by atoms with Crippen molar-refractivity contribution in [2.45, 2.75) is 54.4 Å². The van der Waals surface area contributed by atoms with Crippen LogP contribution < -0.4 is 0 Å². The molecule has 0 unspecified atom stereocenters. The van der Waals surface area contributed by atoms with Gasteiger partial charge in [0.1, 0.15) is 0 Å².